The third-order valence-corrected chi connectivity index (χ3v) is 6.92. The number of allylic oxidation sites excluding steroid dienone is 4. The Kier molecular flexibility index (Phi) is 10.9. The molecule has 1 aromatic carbocycles. The van der Waals surface area contributed by atoms with Crippen molar-refractivity contribution in [2.75, 3.05) is 0 Å². The molecule has 0 spiro atoms. The van der Waals surface area contributed by atoms with E-state index in [1.54, 1.807) is 14.6 Å². The van der Waals surface area contributed by atoms with Gasteiger partial charge < -0.3 is 37.2 Å². The van der Waals surface area contributed by atoms with Gasteiger partial charge in [-0.2, -0.15) is 0 Å². The maximum Gasteiger partial charge on any atom is -1.00 e. The first-order valence-corrected chi connectivity index (χ1v) is 11.3. The van der Waals surface area contributed by atoms with E-state index in [4.69, 9.17) is 0 Å². The second-order valence-electron chi connectivity index (χ2n) is 6.58. The Bertz CT molecular complexity index is 552. The van der Waals surface area contributed by atoms with Crippen LogP contribution in [0.3, 0.4) is 0 Å². The summed E-state index contributed by atoms with van der Waals surface area (Å²) in [5.41, 5.74) is 6.03. The number of hydrogen-bond donors (Lipinski definition) is 0. The Hall–Kier alpha value is 0.501. The summed E-state index contributed by atoms with van der Waals surface area (Å²) in [6.45, 7) is 11.9. The molecule has 0 aliphatic heterocycles. The minimum atomic E-state index is -1.21. The van der Waals surface area contributed by atoms with Crippen molar-refractivity contribution in [3.05, 3.63) is 55.6 Å². The first-order chi connectivity index (χ1) is 8.80. The maximum absolute atomic E-state index is 2.49. The van der Waals surface area contributed by atoms with Crippen LogP contribution in [0, 0.1) is 13.8 Å². The molecule has 0 saturated carbocycles. The van der Waals surface area contributed by atoms with E-state index in [2.05, 4.69) is 78.2 Å². The minimum absolute atomic E-state index is 0. The van der Waals surface area contributed by atoms with Crippen molar-refractivity contribution >= 4 is 8.07 Å². The van der Waals surface area contributed by atoms with Crippen molar-refractivity contribution in [1.82, 2.24) is 0 Å². The Balaban J connectivity index is 0. The average molecular weight is 410 g/mol. The third kappa shape index (κ3) is 5.54. The van der Waals surface area contributed by atoms with E-state index >= 15 is 0 Å². The van der Waals surface area contributed by atoms with Crippen molar-refractivity contribution < 1.29 is 57.7 Å². The van der Waals surface area contributed by atoms with Gasteiger partial charge in [0.1, 0.15) is 0 Å². The Labute approximate surface area is 166 Å². The number of aryl methyl sites for hydroxylation is 2. The van der Waals surface area contributed by atoms with E-state index in [9.17, 15) is 0 Å². The zero-order valence-electron chi connectivity index (χ0n) is 13.9. The molecule has 1 aliphatic carbocycles. The molecule has 0 saturated heterocycles. The molecule has 0 N–H and O–H groups in total. The number of halogens is 3. The van der Waals surface area contributed by atoms with Gasteiger partial charge in [-0.1, -0.05) is 0 Å². The fourth-order valence-corrected chi connectivity index (χ4v) is 5.44. The summed E-state index contributed by atoms with van der Waals surface area (Å²) >= 11 is 2.31. The average Bonchev–Trinajstić information content (AvgIpc) is 2.65. The molecule has 1 aliphatic rings. The molecule has 0 radical (unpaired) electrons. The summed E-state index contributed by atoms with van der Waals surface area (Å²) in [6.07, 6.45) is 4.78. The van der Waals surface area contributed by atoms with E-state index in [0.29, 0.717) is 0 Å². The van der Waals surface area contributed by atoms with Crippen molar-refractivity contribution in [1.29, 1.82) is 0 Å². The molecule has 0 amide bonds. The molecule has 2 rings (SSSR count). The predicted molar refractivity (Wildman–Crippen MR) is 82.7 cm³/mol. The topological polar surface area (TPSA) is 0 Å². The van der Waals surface area contributed by atoms with E-state index < -0.39 is 8.07 Å². The first kappa shape index (κ1) is 24.7. The fourth-order valence-electron chi connectivity index (χ4n) is 2.88. The van der Waals surface area contributed by atoms with Crippen molar-refractivity contribution in [3.63, 3.8) is 0 Å². The standard InChI is InChI=1S/C17H23Si.3ClH.Ti/c1-13-8-6-9-14(2)16(13)12-15-10-7-11-17(15)18(3,4)5;;;;/h6,8-9,11H,7,12H2,1-5H3;3*1H;/q;;;;+3/p-3. The summed E-state index contributed by atoms with van der Waals surface area (Å²) < 4.78 is 1.58. The second-order valence-corrected chi connectivity index (χ2v) is 12.6. The van der Waals surface area contributed by atoms with Crippen LogP contribution < -0.4 is 37.2 Å². The van der Waals surface area contributed by atoms with Crippen LogP contribution in [0.5, 0.6) is 0 Å². The molecule has 0 bridgehead atoms. The summed E-state index contributed by atoms with van der Waals surface area (Å²) in [7, 11) is -1.21. The van der Waals surface area contributed by atoms with Crippen LogP contribution >= 0.6 is 0 Å². The number of rotatable bonds is 3. The molecule has 0 unspecified atom stereocenters. The second kappa shape index (κ2) is 9.71. The molecule has 0 heterocycles. The van der Waals surface area contributed by atoms with Gasteiger partial charge in [-0.05, 0) is 0 Å². The smallest absolute Gasteiger partial charge is 1.00 e. The Morgan fingerprint density at radius 1 is 1.00 bits per heavy atom. The van der Waals surface area contributed by atoms with E-state index in [-0.39, 0.29) is 37.2 Å². The molecule has 0 fully saturated rings. The van der Waals surface area contributed by atoms with Gasteiger partial charge in [0.05, 0.1) is 0 Å². The van der Waals surface area contributed by atoms with Gasteiger partial charge in [0.2, 0.25) is 0 Å². The predicted octanol–water partition coefficient (Wildman–Crippen LogP) is -4.13. The van der Waals surface area contributed by atoms with Gasteiger partial charge in [0.25, 0.3) is 0 Å². The molecule has 22 heavy (non-hydrogen) atoms. The van der Waals surface area contributed by atoms with Crippen LogP contribution in [0.4, 0.5) is 0 Å². The normalized spacial score (nSPS) is 13.9. The maximum atomic E-state index is 2.49. The minimum Gasteiger partial charge on any atom is -1.00 e. The van der Waals surface area contributed by atoms with Crippen LogP contribution in [0.1, 0.15) is 23.1 Å². The van der Waals surface area contributed by atoms with Gasteiger partial charge in [-0.25, -0.2) is 0 Å². The first-order valence-electron chi connectivity index (χ1n) is 7.00. The van der Waals surface area contributed by atoms with Crippen LogP contribution in [0.25, 0.3) is 0 Å². The Morgan fingerprint density at radius 2 is 1.50 bits per heavy atom. The fraction of sp³-hybridized carbons (Fsp3) is 0.412. The van der Waals surface area contributed by atoms with Crippen molar-refractivity contribution in [2.45, 2.75) is 46.3 Å². The van der Waals surface area contributed by atoms with Crippen LogP contribution in [0.15, 0.2) is 38.9 Å². The molecule has 1 aromatic rings. The van der Waals surface area contributed by atoms with Crippen LogP contribution in [-0.2, 0) is 26.9 Å². The van der Waals surface area contributed by atoms with Crippen molar-refractivity contribution in [2.24, 2.45) is 0 Å². The molecular formula is C17H23Cl3SiTi. The zero-order chi connectivity index (χ0) is 14.2. The van der Waals surface area contributed by atoms with E-state index in [0.717, 1.165) is 6.42 Å². The molecule has 0 atom stereocenters. The third-order valence-electron chi connectivity index (χ3n) is 4.01. The summed E-state index contributed by atoms with van der Waals surface area (Å²) in [6, 6.07) is 6.65. The molecule has 120 valence electrons. The molecular weight excluding hydrogens is 386 g/mol. The Morgan fingerprint density at radius 3 is 1.95 bits per heavy atom. The molecule has 0 nitrogen and oxygen atoms in total. The van der Waals surface area contributed by atoms with Gasteiger partial charge >= 0.3 is 130 Å². The monoisotopic (exact) mass is 408 g/mol. The van der Waals surface area contributed by atoms with Gasteiger partial charge in [-0.3, -0.25) is 0 Å². The summed E-state index contributed by atoms with van der Waals surface area (Å²) in [5.74, 6) is 0. The van der Waals surface area contributed by atoms with Crippen LogP contribution in [0.2, 0.25) is 19.6 Å². The van der Waals surface area contributed by atoms with Crippen molar-refractivity contribution in [3.8, 4) is 0 Å². The van der Waals surface area contributed by atoms with Crippen LogP contribution in [-0.4, -0.2) is 8.07 Å². The largest absolute Gasteiger partial charge is 1.00 e. The van der Waals surface area contributed by atoms with E-state index in [1.165, 1.54) is 23.1 Å². The van der Waals surface area contributed by atoms with E-state index in [1.807, 2.05) is 0 Å². The quantitative estimate of drug-likeness (QED) is 0.445. The van der Waals surface area contributed by atoms with Gasteiger partial charge in [0.15, 0.2) is 0 Å². The van der Waals surface area contributed by atoms with Gasteiger partial charge in [-0.15, -0.1) is 0 Å². The number of hydrogen-bond acceptors (Lipinski definition) is 0. The number of benzene rings is 1. The summed E-state index contributed by atoms with van der Waals surface area (Å²) in [5, 5.41) is 1.69. The SMILES string of the molecule is Cc1cccc(C)c1CC1=[C]([Ti+3])CC=C1[Si](C)(C)C.[Cl-].[Cl-].[Cl-]. The summed E-state index contributed by atoms with van der Waals surface area (Å²) in [4.78, 5) is 0. The zero-order valence-corrected chi connectivity index (χ0v) is 18.7. The molecule has 0 aromatic heterocycles. The molecule has 5 heteroatoms. The van der Waals surface area contributed by atoms with Gasteiger partial charge in [0, 0.05) is 0 Å².